The lowest BCUT2D eigenvalue weighted by Crippen LogP contribution is -2.35. The van der Waals surface area contributed by atoms with Crippen LogP contribution in [0.2, 0.25) is 0 Å². The average molecular weight is 330 g/mol. The van der Waals surface area contributed by atoms with Crippen molar-refractivity contribution in [2.24, 2.45) is 0 Å². The van der Waals surface area contributed by atoms with Crippen LogP contribution < -0.4 is 20.1 Å². The average Bonchev–Trinajstić information content (AvgIpc) is 2.60. The van der Waals surface area contributed by atoms with E-state index in [1.165, 1.54) is 11.1 Å². The first-order valence-corrected chi connectivity index (χ1v) is 7.90. The standard InChI is InChI=1S/C18H22N2O2S/c1-21-16-9-8-14(12-17(16)22-2)10-11-19-18(23)20-13-15-6-4-3-5-7-15/h3-9,12H,10-11,13H2,1-2H3,(H2,19,20,23). The van der Waals surface area contributed by atoms with Crippen molar-refractivity contribution in [2.75, 3.05) is 20.8 Å². The van der Waals surface area contributed by atoms with Crippen LogP contribution in [0, 0.1) is 0 Å². The van der Waals surface area contributed by atoms with Crippen molar-refractivity contribution in [1.82, 2.24) is 10.6 Å². The molecule has 0 fully saturated rings. The van der Waals surface area contributed by atoms with Crippen LogP contribution in [-0.4, -0.2) is 25.9 Å². The Kier molecular flexibility index (Phi) is 6.69. The molecule has 0 aliphatic heterocycles. The van der Waals surface area contributed by atoms with Gasteiger partial charge in [-0.05, 0) is 41.9 Å². The molecule has 2 rings (SSSR count). The second-order valence-electron chi connectivity index (χ2n) is 5.03. The van der Waals surface area contributed by atoms with E-state index in [4.69, 9.17) is 21.7 Å². The van der Waals surface area contributed by atoms with Crippen molar-refractivity contribution < 1.29 is 9.47 Å². The molecule has 4 nitrogen and oxygen atoms in total. The summed E-state index contributed by atoms with van der Waals surface area (Å²) in [6, 6.07) is 16.1. The first kappa shape index (κ1) is 17.1. The van der Waals surface area contributed by atoms with Crippen LogP contribution in [-0.2, 0) is 13.0 Å². The molecule has 0 aromatic heterocycles. The van der Waals surface area contributed by atoms with Gasteiger partial charge < -0.3 is 20.1 Å². The zero-order valence-electron chi connectivity index (χ0n) is 13.5. The van der Waals surface area contributed by atoms with Crippen molar-refractivity contribution >= 4 is 17.3 Å². The molecule has 0 saturated carbocycles. The Morgan fingerprint density at radius 2 is 1.65 bits per heavy atom. The van der Waals surface area contributed by atoms with Gasteiger partial charge in [0.15, 0.2) is 16.6 Å². The fourth-order valence-electron chi connectivity index (χ4n) is 2.20. The number of nitrogens with one attached hydrogen (secondary N) is 2. The molecule has 0 spiro atoms. The summed E-state index contributed by atoms with van der Waals surface area (Å²) in [4.78, 5) is 0. The fourth-order valence-corrected chi connectivity index (χ4v) is 2.37. The summed E-state index contributed by atoms with van der Waals surface area (Å²) >= 11 is 5.29. The molecule has 0 heterocycles. The number of hydrogen-bond donors (Lipinski definition) is 2. The van der Waals surface area contributed by atoms with E-state index in [1.807, 2.05) is 36.4 Å². The van der Waals surface area contributed by atoms with E-state index in [-0.39, 0.29) is 0 Å². The van der Waals surface area contributed by atoms with Crippen molar-refractivity contribution in [3.63, 3.8) is 0 Å². The van der Waals surface area contributed by atoms with E-state index >= 15 is 0 Å². The molecule has 2 aromatic carbocycles. The molecule has 0 unspecified atom stereocenters. The topological polar surface area (TPSA) is 42.5 Å². The Morgan fingerprint density at radius 3 is 2.35 bits per heavy atom. The number of ether oxygens (including phenoxy) is 2. The minimum Gasteiger partial charge on any atom is -0.493 e. The monoisotopic (exact) mass is 330 g/mol. The fraction of sp³-hybridized carbons (Fsp3) is 0.278. The second kappa shape index (κ2) is 9.00. The lowest BCUT2D eigenvalue weighted by molar-refractivity contribution is 0.354. The van der Waals surface area contributed by atoms with Crippen LogP contribution in [0.25, 0.3) is 0 Å². The predicted octanol–water partition coefficient (Wildman–Crippen LogP) is 2.91. The molecule has 0 aliphatic rings. The first-order valence-electron chi connectivity index (χ1n) is 7.49. The summed E-state index contributed by atoms with van der Waals surface area (Å²) in [5.74, 6) is 1.49. The van der Waals surface area contributed by atoms with Crippen LogP contribution in [0.3, 0.4) is 0 Å². The van der Waals surface area contributed by atoms with E-state index < -0.39 is 0 Å². The van der Waals surface area contributed by atoms with E-state index in [0.29, 0.717) is 5.11 Å². The van der Waals surface area contributed by atoms with Crippen LogP contribution in [0.1, 0.15) is 11.1 Å². The van der Waals surface area contributed by atoms with Gasteiger partial charge in [0.2, 0.25) is 0 Å². The molecule has 0 bridgehead atoms. The first-order chi connectivity index (χ1) is 11.2. The maximum atomic E-state index is 5.31. The quantitative estimate of drug-likeness (QED) is 0.764. The third-order valence-electron chi connectivity index (χ3n) is 3.44. The Hall–Kier alpha value is -2.27. The SMILES string of the molecule is COc1ccc(CCNC(=S)NCc2ccccc2)cc1OC. The van der Waals surface area contributed by atoms with Gasteiger partial charge in [-0.15, -0.1) is 0 Å². The highest BCUT2D eigenvalue weighted by Crippen LogP contribution is 2.27. The van der Waals surface area contributed by atoms with Gasteiger partial charge in [0.05, 0.1) is 14.2 Å². The maximum absolute atomic E-state index is 5.31. The minimum absolute atomic E-state index is 0.661. The zero-order chi connectivity index (χ0) is 16.5. The molecule has 23 heavy (non-hydrogen) atoms. The summed E-state index contributed by atoms with van der Waals surface area (Å²) in [6.07, 6.45) is 0.855. The van der Waals surface area contributed by atoms with Gasteiger partial charge in [0, 0.05) is 13.1 Å². The molecule has 0 aliphatic carbocycles. The van der Waals surface area contributed by atoms with E-state index in [9.17, 15) is 0 Å². The summed E-state index contributed by atoms with van der Waals surface area (Å²) in [6.45, 7) is 1.49. The van der Waals surface area contributed by atoms with Crippen molar-refractivity contribution in [2.45, 2.75) is 13.0 Å². The molecular weight excluding hydrogens is 308 g/mol. The van der Waals surface area contributed by atoms with Gasteiger partial charge in [0.25, 0.3) is 0 Å². The lowest BCUT2D eigenvalue weighted by Gasteiger charge is -2.12. The van der Waals surface area contributed by atoms with Gasteiger partial charge in [-0.2, -0.15) is 0 Å². The second-order valence-corrected chi connectivity index (χ2v) is 5.44. The van der Waals surface area contributed by atoms with Crippen molar-refractivity contribution in [3.8, 4) is 11.5 Å². The lowest BCUT2D eigenvalue weighted by atomic mass is 10.1. The molecule has 0 amide bonds. The smallest absolute Gasteiger partial charge is 0.166 e. The van der Waals surface area contributed by atoms with E-state index in [1.54, 1.807) is 14.2 Å². The molecular formula is C18H22N2O2S. The maximum Gasteiger partial charge on any atom is 0.166 e. The molecule has 0 radical (unpaired) electrons. The zero-order valence-corrected chi connectivity index (χ0v) is 14.3. The van der Waals surface area contributed by atoms with Crippen LogP contribution in [0.5, 0.6) is 11.5 Å². The Morgan fingerprint density at radius 1 is 0.913 bits per heavy atom. The molecule has 0 atom stereocenters. The summed E-state index contributed by atoms with van der Waals surface area (Å²) in [7, 11) is 3.28. The van der Waals surface area contributed by atoms with Gasteiger partial charge in [-0.25, -0.2) is 0 Å². The summed E-state index contributed by atoms with van der Waals surface area (Å²) < 4.78 is 10.5. The highest BCUT2D eigenvalue weighted by atomic mass is 32.1. The highest BCUT2D eigenvalue weighted by molar-refractivity contribution is 7.80. The largest absolute Gasteiger partial charge is 0.493 e. The number of hydrogen-bond acceptors (Lipinski definition) is 3. The van der Waals surface area contributed by atoms with Gasteiger partial charge in [0.1, 0.15) is 0 Å². The molecule has 2 N–H and O–H groups in total. The molecule has 122 valence electrons. The van der Waals surface area contributed by atoms with E-state index in [0.717, 1.165) is 31.0 Å². The number of methoxy groups -OCH3 is 2. The van der Waals surface area contributed by atoms with Crippen LogP contribution in [0.15, 0.2) is 48.5 Å². The molecule has 2 aromatic rings. The third-order valence-corrected chi connectivity index (χ3v) is 3.73. The third kappa shape index (κ3) is 5.45. The normalized spacial score (nSPS) is 10.0. The number of thiocarbonyl (C=S) groups is 1. The Bertz CT molecular complexity index is 632. The van der Waals surface area contributed by atoms with Crippen molar-refractivity contribution in [1.29, 1.82) is 0 Å². The molecule has 0 saturated heterocycles. The summed E-state index contributed by atoms with van der Waals surface area (Å²) in [5.41, 5.74) is 2.37. The number of rotatable bonds is 7. The summed E-state index contributed by atoms with van der Waals surface area (Å²) in [5, 5.41) is 7.08. The van der Waals surface area contributed by atoms with Crippen molar-refractivity contribution in [3.05, 3.63) is 59.7 Å². The highest BCUT2D eigenvalue weighted by Gasteiger charge is 2.04. The molecule has 5 heteroatoms. The van der Waals surface area contributed by atoms with Gasteiger partial charge in [-0.1, -0.05) is 36.4 Å². The Balaban J connectivity index is 1.75. The van der Waals surface area contributed by atoms with Gasteiger partial charge >= 0.3 is 0 Å². The Labute approximate surface area is 142 Å². The number of benzene rings is 2. The van der Waals surface area contributed by atoms with E-state index in [2.05, 4.69) is 22.8 Å². The minimum atomic E-state index is 0.661. The predicted molar refractivity (Wildman–Crippen MR) is 97.1 cm³/mol. The van der Waals surface area contributed by atoms with Crippen LogP contribution in [0.4, 0.5) is 0 Å². The van der Waals surface area contributed by atoms with Crippen LogP contribution >= 0.6 is 12.2 Å². The van der Waals surface area contributed by atoms with Gasteiger partial charge in [-0.3, -0.25) is 0 Å².